The third kappa shape index (κ3) is 2.59. The van der Waals surface area contributed by atoms with E-state index in [1.54, 1.807) is 6.08 Å². The molecule has 0 aliphatic heterocycles. The molecule has 0 saturated carbocycles. The Labute approximate surface area is 69.0 Å². The SMILES string of the molecule is C=CCC(C#N)(/C=C\C)CC. The zero-order valence-corrected chi connectivity index (χ0v) is 7.30. The van der Waals surface area contributed by atoms with E-state index in [9.17, 15) is 0 Å². The molecule has 0 bridgehead atoms. The molecule has 0 aromatic heterocycles. The average molecular weight is 149 g/mol. The van der Waals surface area contributed by atoms with Gasteiger partial charge < -0.3 is 0 Å². The summed E-state index contributed by atoms with van der Waals surface area (Å²) in [5, 5.41) is 8.89. The summed E-state index contributed by atoms with van der Waals surface area (Å²) >= 11 is 0. The summed E-state index contributed by atoms with van der Waals surface area (Å²) in [6, 6.07) is 2.31. The first-order chi connectivity index (χ1) is 5.24. The van der Waals surface area contributed by atoms with Gasteiger partial charge in [-0.15, -0.1) is 6.58 Å². The van der Waals surface area contributed by atoms with Gasteiger partial charge in [0.25, 0.3) is 0 Å². The fraction of sp³-hybridized carbons (Fsp3) is 0.500. The van der Waals surface area contributed by atoms with Crippen molar-refractivity contribution in [2.75, 3.05) is 0 Å². The second-order valence-electron chi connectivity index (χ2n) is 2.61. The molecule has 0 aliphatic rings. The highest BCUT2D eigenvalue weighted by Crippen LogP contribution is 2.27. The monoisotopic (exact) mass is 149 g/mol. The van der Waals surface area contributed by atoms with Crippen LogP contribution in [0.15, 0.2) is 24.8 Å². The molecule has 11 heavy (non-hydrogen) atoms. The molecular weight excluding hydrogens is 134 g/mol. The minimum absolute atomic E-state index is 0.309. The van der Waals surface area contributed by atoms with Crippen LogP contribution in [0.2, 0.25) is 0 Å². The molecule has 60 valence electrons. The van der Waals surface area contributed by atoms with Crippen molar-refractivity contribution in [2.24, 2.45) is 5.41 Å². The standard InChI is InChI=1S/C10H15N/c1-4-7-10(6-3,9-11)8-5-2/h4-5,8H,1,6-7H2,2-3H3/b8-5-. The van der Waals surface area contributed by atoms with Gasteiger partial charge in [-0.3, -0.25) is 0 Å². The second kappa shape index (κ2) is 4.73. The quantitative estimate of drug-likeness (QED) is 0.563. The van der Waals surface area contributed by atoms with Crippen LogP contribution in [-0.2, 0) is 0 Å². The molecule has 0 fully saturated rings. The topological polar surface area (TPSA) is 23.8 Å². The van der Waals surface area contributed by atoms with Gasteiger partial charge in [0.05, 0.1) is 11.5 Å². The van der Waals surface area contributed by atoms with E-state index in [4.69, 9.17) is 5.26 Å². The van der Waals surface area contributed by atoms with E-state index in [-0.39, 0.29) is 5.41 Å². The van der Waals surface area contributed by atoms with Gasteiger partial charge in [0.15, 0.2) is 0 Å². The van der Waals surface area contributed by atoms with Gasteiger partial charge >= 0.3 is 0 Å². The molecule has 0 aromatic rings. The normalized spacial score (nSPS) is 15.7. The van der Waals surface area contributed by atoms with Crippen molar-refractivity contribution in [2.45, 2.75) is 26.7 Å². The first kappa shape index (κ1) is 9.97. The van der Waals surface area contributed by atoms with Gasteiger partial charge in [-0.2, -0.15) is 5.26 Å². The summed E-state index contributed by atoms with van der Waals surface area (Å²) < 4.78 is 0. The first-order valence-corrected chi connectivity index (χ1v) is 3.90. The Morgan fingerprint density at radius 3 is 2.55 bits per heavy atom. The van der Waals surface area contributed by atoms with E-state index in [1.165, 1.54) is 0 Å². The van der Waals surface area contributed by atoms with E-state index in [0.717, 1.165) is 12.8 Å². The van der Waals surface area contributed by atoms with E-state index < -0.39 is 0 Å². The Balaban J connectivity index is 4.48. The highest BCUT2D eigenvalue weighted by molar-refractivity contribution is 5.13. The lowest BCUT2D eigenvalue weighted by Crippen LogP contribution is -2.12. The van der Waals surface area contributed by atoms with Crippen molar-refractivity contribution in [3.8, 4) is 6.07 Å². The number of rotatable bonds is 4. The van der Waals surface area contributed by atoms with E-state index in [2.05, 4.69) is 12.6 Å². The number of allylic oxidation sites excluding steroid dienone is 3. The Bertz CT molecular complexity index is 186. The van der Waals surface area contributed by atoms with Gasteiger partial charge in [0.1, 0.15) is 0 Å². The van der Waals surface area contributed by atoms with E-state index in [1.807, 2.05) is 26.0 Å². The summed E-state index contributed by atoms with van der Waals surface area (Å²) in [5.41, 5.74) is -0.309. The molecule has 0 spiro atoms. The Hall–Kier alpha value is -1.03. The van der Waals surface area contributed by atoms with Crippen molar-refractivity contribution in [3.63, 3.8) is 0 Å². The van der Waals surface area contributed by atoms with Crippen LogP contribution in [0.4, 0.5) is 0 Å². The summed E-state index contributed by atoms with van der Waals surface area (Å²) in [5.74, 6) is 0. The number of nitriles is 1. The lowest BCUT2D eigenvalue weighted by molar-refractivity contribution is 0.495. The highest BCUT2D eigenvalue weighted by Gasteiger charge is 2.21. The molecule has 1 heteroatoms. The van der Waals surface area contributed by atoms with Gasteiger partial charge in [0, 0.05) is 0 Å². The van der Waals surface area contributed by atoms with Gasteiger partial charge in [-0.1, -0.05) is 25.2 Å². The summed E-state index contributed by atoms with van der Waals surface area (Å²) in [6.45, 7) is 7.59. The largest absolute Gasteiger partial charge is 0.197 e. The summed E-state index contributed by atoms with van der Waals surface area (Å²) in [7, 11) is 0. The zero-order chi connectivity index (χ0) is 8.74. The number of nitrogens with zero attached hydrogens (tertiary/aromatic N) is 1. The van der Waals surface area contributed by atoms with Gasteiger partial charge in [-0.25, -0.2) is 0 Å². The molecule has 1 atom stereocenters. The Morgan fingerprint density at radius 2 is 2.27 bits per heavy atom. The second-order valence-corrected chi connectivity index (χ2v) is 2.61. The Kier molecular flexibility index (Phi) is 4.29. The van der Waals surface area contributed by atoms with Crippen LogP contribution in [0.3, 0.4) is 0 Å². The number of hydrogen-bond acceptors (Lipinski definition) is 1. The molecule has 0 amide bonds. The lowest BCUT2D eigenvalue weighted by atomic mass is 9.83. The van der Waals surface area contributed by atoms with Crippen LogP contribution in [0.5, 0.6) is 0 Å². The third-order valence-electron chi connectivity index (χ3n) is 1.85. The molecule has 0 N–H and O–H groups in total. The van der Waals surface area contributed by atoms with Crippen LogP contribution in [0, 0.1) is 16.7 Å². The van der Waals surface area contributed by atoms with Crippen molar-refractivity contribution < 1.29 is 0 Å². The first-order valence-electron chi connectivity index (χ1n) is 3.90. The Morgan fingerprint density at radius 1 is 1.64 bits per heavy atom. The number of hydrogen-bond donors (Lipinski definition) is 0. The van der Waals surface area contributed by atoms with Crippen LogP contribution in [0.25, 0.3) is 0 Å². The fourth-order valence-electron chi connectivity index (χ4n) is 1.07. The molecule has 0 heterocycles. The predicted molar refractivity (Wildman–Crippen MR) is 48.0 cm³/mol. The third-order valence-corrected chi connectivity index (χ3v) is 1.85. The average Bonchev–Trinajstić information content (AvgIpc) is 2.04. The maximum Gasteiger partial charge on any atom is 0.0785 e. The van der Waals surface area contributed by atoms with Crippen LogP contribution < -0.4 is 0 Å². The zero-order valence-electron chi connectivity index (χ0n) is 7.30. The fourth-order valence-corrected chi connectivity index (χ4v) is 1.07. The van der Waals surface area contributed by atoms with Crippen LogP contribution in [-0.4, -0.2) is 0 Å². The predicted octanol–water partition coefficient (Wildman–Crippen LogP) is 3.06. The molecule has 0 saturated heterocycles. The maximum atomic E-state index is 8.89. The van der Waals surface area contributed by atoms with Crippen molar-refractivity contribution in [1.82, 2.24) is 0 Å². The highest BCUT2D eigenvalue weighted by atomic mass is 14.3. The summed E-state index contributed by atoms with van der Waals surface area (Å²) in [4.78, 5) is 0. The molecule has 0 radical (unpaired) electrons. The van der Waals surface area contributed by atoms with Crippen molar-refractivity contribution in [1.29, 1.82) is 5.26 Å². The molecule has 0 rings (SSSR count). The minimum Gasteiger partial charge on any atom is -0.197 e. The lowest BCUT2D eigenvalue weighted by Gasteiger charge is -2.17. The summed E-state index contributed by atoms with van der Waals surface area (Å²) in [6.07, 6.45) is 7.27. The van der Waals surface area contributed by atoms with E-state index >= 15 is 0 Å². The van der Waals surface area contributed by atoms with Crippen LogP contribution in [0.1, 0.15) is 26.7 Å². The molecular formula is C10H15N. The van der Waals surface area contributed by atoms with Crippen molar-refractivity contribution >= 4 is 0 Å². The van der Waals surface area contributed by atoms with Crippen LogP contribution >= 0.6 is 0 Å². The molecule has 1 unspecified atom stereocenters. The van der Waals surface area contributed by atoms with Crippen molar-refractivity contribution in [3.05, 3.63) is 24.8 Å². The maximum absolute atomic E-state index is 8.89. The van der Waals surface area contributed by atoms with E-state index in [0.29, 0.717) is 0 Å². The minimum atomic E-state index is -0.309. The molecule has 0 aliphatic carbocycles. The van der Waals surface area contributed by atoms with Gasteiger partial charge in [-0.05, 0) is 19.8 Å². The molecule has 0 aromatic carbocycles. The molecule has 1 nitrogen and oxygen atoms in total. The smallest absolute Gasteiger partial charge is 0.0785 e. The van der Waals surface area contributed by atoms with Gasteiger partial charge in [0.2, 0.25) is 0 Å².